The maximum Gasteiger partial charge on any atom is 0.412 e. The van der Waals surface area contributed by atoms with Crippen LogP contribution in [0.3, 0.4) is 0 Å². The zero-order chi connectivity index (χ0) is 23.3. The zero-order valence-corrected chi connectivity index (χ0v) is 17.2. The van der Waals surface area contributed by atoms with Crippen molar-refractivity contribution in [3.05, 3.63) is 101 Å². The fourth-order valence-electron chi connectivity index (χ4n) is 3.22. The molecule has 0 amide bonds. The van der Waals surface area contributed by atoms with Gasteiger partial charge in [0.2, 0.25) is 0 Å². The minimum absolute atomic E-state index is 0.0149. The molecule has 0 saturated heterocycles. The summed E-state index contributed by atoms with van der Waals surface area (Å²) in [5.41, 5.74) is 2.45. The topological polar surface area (TPSA) is 0 Å². The standard InChI is InChI=1S/C26H20F6/c1-2-3-17-4-6-18(7-5-17)19-8-12-21(13-9-19)24(28)25(29)22-14-10-20(11-15-22)23(27)16-26(30,31)32/h4-16H,2-3H2,1H3/b23-16-,25-24+. The predicted molar refractivity (Wildman–Crippen MR) is 116 cm³/mol. The Morgan fingerprint density at radius 1 is 0.656 bits per heavy atom. The molecule has 3 aromatic carbocycles. The van der Waals surface area contributed by atoms with Gasteiger partial charge in [-0.25, -0.2) is 13.2 Å². The number of benzene rings is 3. The SMILES string of the molecule is CCCc1ccc(-c2ccc(/C(F)=C(\F)c3ccc(/C(F)=C/C(F)(F)F)cc3)cc2)cc1. The average molecular weight is 446 g/mol. The van der Waals surface area contributed by atoms with Crippen LogP contribution < -0.4 is 0 Å². The molecule has 0 saturated carbocycles. The molecule has 0 N–H and O–H groups in total. The molecule has 0 fully saturated rings. The van der Waals surface area contributed by atoms with Crippen molar-refractivity contribution in [1.29, 1.82) is 0 Å². The van der Waals surface area contributed by atoms with Gasteiger partial charge in [0.05, 0.1) is 6.08 Å². The van der Waals surface area contributed by atoms with E-state index in [9.17, 15) is 26.3 Å². The highest BCUT2D eigenvalue weighted by atomic mass is 19.4. The third-order valence-electron chi connectivity index (χ3n) is 4.86. The molecular weight excluding hydrogens is 426 g/mol. The summed E-state index contributed by atoms with van der Waals surface area (Å²) in [6, 6.07) is 18.2. The number of hydrogen-bond acceptors (Lipinski definition) is 0. The van der Waals surface area contributed by atoms with Gasteiger partial charge in [-0.05, 0) is 23.1 Å². The van der Waals surface area contributed by atoms with E-state index >= 15 is 0 Å². The smallest absolute Gasteiger partial charge is 0.206 e. The number of alkyl halides is 3. The van der Waals surface area contributed by atoms with Crippen molar-refractivity contribution in [3.63, 3.8) is 0 Å². The maximum atomic E-state index is 14.6. The van der Waals surface area contributed by atoms with E-state index in [0.29, 0.717) is 0 Å². The summed E-state index contributed by atoms with van der Waals surface area (Å²) < 4.78 is 79.5. The van der Waals surface area contributed by atoms with Crippen molar-refractivity contribution < 1.29 is 26.3 Å². The van der Waals surface area contributed by atoms with Gasteiger partial charge < -0.3 is 0 Å². The first-order valence-electron chi connectivity index (χ1n) is 9.99. The van der Waals surface area contributed by atoms with Crippen LogP contribution in [-0.4, -0.2) is 6.18 Å². The first-order valence-corrected chi connectivity index (χ1v) is 9.99. The summed E-state index contributed by atoms with van der Waals surface area (Å²) in [4.78, 5) is 0. The summed E-state index contributed by atoms with van der Waals surface area (Å²) >= 11 is 0. The van der Waals surface area contributed by atoms with Crippen LogP contribution in [-0.2, 0) is 6.42 Å². The van der Waals surface area contributed by atoms with Crippen LogP contribution in [0.25, 0.3) is 28.6 Å². The minimum atomic E-state index is -4.82. The normalized spacial score (nSPS) is 13.2. The molecule has 0 aliphatic carbocycles. The lowest BCUT2D eigenvalue weighted by molar-refractivity contribution is -0.0798. The van der Waals surface area contributed by atoms with Crippen LogP contribution >= 0.6 is 0 Å². The van der Waals surface area contributed by atoms with Gasteiger partial charge in [-0.1, -0.05) is 86.1 Å². The monoisotopic (exact) mass is 446 g/mol. The number of aryl methyl sites for hydroxylation is 1. The Morgan fingerprint density at radius 3 is 1.50 bits per heavy atom. The lowest BCUT2D eigenvalue weighted by Gasteiger charge is -2.07. The maximum absolute atomic E-state index is 14.6. The highest BCUT2D eigenvalue weighted by Crippen LogP contribution is 2.32. The van der Waals surface area contributed by atoms with E-state index in [1.54, 1.807) is 12.1 Å². The number of allylic oxidation sites excluding steroid dienone is 1. The van der Waals surface area contributed by atoms with Gasteiger partial charge in [-0.2, -0.15) is 13.2 Å². The lowest BCUT2D eigenvalue weighted by atomic mass is 10.0. The van der Waals surface area contributed by atoms with Gasteiger partial charge in [0, 0.05) is 16.7 Å². The van der Waals surface area contributed by atoms with Crippen LogP contribution in [0.1, 0.15) is 35.6 Å². The Labute approximate surface area is 182 Å². The largest absolute Gasteiger partial charge is 0.412 e. The van der Waals surface area contributed by atoms with Gasteiger partial charge in [0.15, 0.2) is 11.7 Å². The van der Waals surface area contributed by atoms with E-state index in [4.69, 9.17) is 0 Å². The van der Waals surface area contributed by atoms with E-state index < -0.39 is 29.7 Å². The molecule has 0 unspecified atom stereocenters. The quantitative estimate of drug-likeness (QED) is 0.262. The molecule has 0 bridgehead atoms. The minimum Gasteiger partial charge on any atom is -0.206 e. The third kappa shape index (κ3) is 5.90. The second kappa shape index (κ2) is 9.90. The van der Waals surface area contributed by atoms with Crippen molar-refractivity contribution in [2.75, 3.05) is 0 Å². The summed E-state index contributed by atoms with van der Waals surface area (Å²) in [6.07, 6.45) is -3.27. The summed E-state index contributed by atoms with van der Waals surface area (Å²) in [7, 11) is 0. The first kappa shape index (κ1) is 23.4. The molecule has 3 aromatic rings. The summed E-state index contributed by atoms with van der Waals surface area (Å²) in [5, 5.41) is 0. The van der Waals surface area contributed by atoms with E-state index in [0.717, 1.165) is 48.2 Å². The molecule has 0 spiro atoms. The molecule has 6 heteroatoms. The Kier molecular flexibility index (Phi) is 7.23. The highest BCUT2D eigenvalue weighted by molar-refractivity contribution is 5.84. The lowest BCUT2D eigenvalue weighted by Crippen LogP contribution is -2.01. The van der Waals surface area contributed by atoms with Gasteiger partial charge in [-0.15, -0.1) is 0 Å². The molecule has 166 valence electrons. The van der Waals surface area contributed by atoms with Gasteiger partial charge in [0.1, 0.15) is 5.83 Å². The first-order chi connectivity index (χ1) is 15.2. The van der Waals surface area contributed by atoms with Crippen molar-refractivity contribution >= 4 is 17.5 Å². The average Bonchev–Trinajstić information content (AvgIpc) is 2.78. The Balaban J connectivity index is 1.80. The van der Waals surface area contributed by atoms with Gasteiger partial charge >= 0.3 is 6.18 Å². The van der Waals surface area contributed by atoms with E-state index in [-0.39, 0.29) is 16.7 Å². The Morgan fingerprint density at radius 2 is 1.06 bits per heavy atom. The Bertz CT molecular complexity index is 1100. The van der Waals surface area contributed by atoms with Crippen LogP contribution in [0.15, 0.2) is 78.9 Å². The van der Waals surface area contributed by atoms with Crippen LogP contribution in [0, 0.1) is 0 Å². The highest BCUT2D eigenvalue weighted by Gasteiger charge is 2.25. The second-order valence-corrected chi connectivity index (χ2v) is 7.26. The molecule has 0 heterocycles. The molecule has 3 rings (SSSR count). The molecule has 32 heavy (non-hydrogen) atoms. The van der Waals surface area contributed by atoms with Crippen molar-refractivity contribution in [1.82, 2.24) is 0 Å². The van der Waals surface area contributed by atoms with Crippen LogP contribution in [0.2, 0.25) is 0 Å². The predicted octanol–water partition coefficient (Wildman–Crippen LogP) is 8.94. The van der Waals surface area contributed by atoms with Gasteiger partial charge in [-0.3, -0.25) is 0 Å². The van der Waals surface area contributed by atoms with E-state index in [2.05, 4.69) is 6.92 Å². The van der Waals surface area contributed by atoms with E-state index in [1.807, 2.05) is 24.3 Å². The van der Waals surface area contributed by atoms with Crippen molar-refractivity contribution in [3.8, 4) is 11.1 Å². The molecule has 0 aliphatic rings. The van der Waals surface area contributed by atoms with Crippen molar-refractivity contribution in [2.45, 2.75) is 25.9 Å². The third-order valence-corrected chi connectivity index (χ3v) is 4.86. The fourth-order valence-corrected chi connectivity index (χ4v) is 3.22. The molecular formula is C26H20F6. The van der Waals surface area contributed by atoms with Crippen LogP contribution in [0.4, 0.5) is 26.3 Å². The number of halogens is 6. The van der Waals surface area contributed by atoms with Crippen LogP contribution in [0.5, 0.6) is 0 Å². The molecule has 0 aromatic heterocycles. The second-order valence-electron chi connectivity index (χ2n) is 7.26. The van der Waals surface area contributed by atoms with Gasteiger partial charge in [0.25, 0.3) is 0 Å². The molecule has 0 atom stereocenters. The zero-order valence-electron chi connectivity index (χ0n) is 17.2. The molecule has 0 radical (unpaired) electrons. The Hall–Kier alpha value is -3.28. The van der Waals surface area contributed by atoms with Crippen molar-refractivity contribution in [2.24, 2.45) is 0 Å². The molecule has 0 nitrogen and oxygen atoms in total. The molecule has 0 aliphatic heterocycles. The summed E-state index contributed by atoms with van der Waals surface area (Å²) in [6.45, 7) is 2.10. The fraction of sp³-hybridized carbons (Fsp3) is 0.154. The number of hydrogen-bond donors (Lipinski definition) is 0. The summed E-state index contributed by atoms with van der Waals surface area (Å²) in [5.74, 6) is -3.81. The number of rotatable bonds is 6. The van der Waals surface area contributed by atoms with E-state index in [1.165, 1.54) is 17.7 Å².